The minimum atomic E-state index is -0.448. The van der Waals surface area contributed by atoms with Crippen LogP contribution < -0.4 is 20.3 Å². The molecule has 1 N–H and O–H groups in total. The van der Waals surface area contributed by atoms with E-state index in [-0.39, 0.29) is 12.6 Å². The summed E-state index contributed by atoms with van der Waals surface area (Å²) in [6.07, 6.45) is 3.05. The van der Waals surface area contributed by atoms with Crippen molar-refractivity contribution in [2.24, 2.45) is 0 Å². The average molecular weight is 377 g/mol. The number of anilines is 1. The summed E-state index contributed by atoms with van der Waals surface area (Å²) < 4.78 is 12.0. The Hall–Kier alpha value is -3.61. The van der Waals surface area contributed by atoms with Crippen LogP contribution in [0.1, 0.15) is 35.7 Å². The van der Waals surface area contributed by atoms with Crippen molar-refractivity contribution >= 4 is 11.7 Å². The van der Waals surface area contributed by atoms with Crippen LogP contribution in [0.2, 0.25) is 0 Å². The minimum absolute atomic E-state index is 0.0434. The number of rotatable bonds is 4. The van der Waals surface area contributed by atoms with E-state index < -0.39 is 11.5 Å². The number of fused-ring (bicyclic) bond motifs is 1. The van der Waals surface area contributed by atoms with Crippen LogP contribution in [0.15, 0.2) is 59.7 Å². The number of nitrogens with one attached hydrogen (secondary N) is 1. The number of benzene rings is 2. The van der Waals surface area contributed by atoms with Crippen LogP contribution in [-0.4, -0.2) is 22.3 Å². The molecule has 0 saturated heterocycles. The van der Waals surface area contributed by atoms with Gasteiger partial charge in [-0.25, -0.2) is 4.98 Å². The van der Waals surface area contributed by atoms with E-state index >= 15 is 0 Å². The topological polar surface area (TPSA) is 82.5 Å². The molecule has 0 bridgehead atoms. The van der Waals surface area contributed by atoms with Gasteiger partial charge in [-0.05, 0) is 41.8 Å². The van der Waals surface area contributed by atoms with Gasteiger partial charge in [0.2, 0.25) is 6.79 Å². The first-order chi connectivity index (χ1) is 13.5. The lowest BCUT2D eigenvalue weighted by Gasteiger charge is -2.10. The van der Waals surface area contributed by atoms with Crippen LogP contribution in [0, 0.1) is 0 Å². The van der Waals surface area contributed by atoms with Crippen molar-refractivity contribution < 1.29 is 14.3 Å². The smallest absolute Gasteiger partial charge is 0.298 e. The molecule has 2 heterocycles. The van der Waals surface area contributed by atoms with Gasteiger partial charge in [0.25, 0.3) is 11.5 Å². The second kappa shape index (κ2) is 7.19. The molecule has 4 rings (SSSR count). The number of hydrogen-bond donors (Lipinski definition) is 1. The maximum atomic E-state index is 12.8. The van der Waals surface area contributed by atoms with Crippen molar-refractivity contribution in [1.29, 1.82) is 0 Å². The highest BCUT2D eigenvalue weighted by atomic mass is 16.7. The summed E-state index contributed by atoms with van der Waals surface area (Å²) in [5.74, 6) is 0.992. The van der Waals surface area contributed by atoms with Gasteiger partial charge in [-0.3, -0.25) is 14.2 Å². The van der Waals surface area contributed by atoms with E-state index in [0.717, 1.165) is 0 Å². The third-order valence-corrected chi connectivity index (χ3v) is 4.55. The normalized spacial score (nSPS) is 12.2. The van der Waals surface area contributed by atoms with Crippen molar-refractivity contribution in [1.82, 2.24) is 9.55 Å². The quantitative estimate of drug-likeness (QED) is 0.754. The van der Waals surface area contributed by atoms with Gasteiger partial charge >= 0.3 is 0 Å². The maximum Gasteiger partial charge on any atom is 0.298 e. The van der Waals surface area contributed by atoms with Gasteiger partial charge in [-0.15, -0.1) is 0 Å². The van der Waals surface area contributed by atoms with E-state index in [4.69, 9.17) is 9.47 Å². The van der Waals surface area contributed by atoms with Crippen molar-refractivity contribution in [3.05, 3.63) is 76.3 Å². The predicted molar refractivity (Wildman–Crippen MR) is 104 cm³/mol. The molecule has 142 valence electrons. The molecule has 7 nitrogen and oxygen atoms in total. The molecule has 1 aromatic heterocycles. The zero-order valence-corrected chi connectivity index (χ0v) is 15.5. The van der Waals surface area contributed by atoms with Crippen molar-refractivity contribution in [2.45, 2.75) is 19.8 Å². The fourth-order valence-electron chi connectivity index (χ4n) is 2.94. The van der Waals surface area contributed by atoms with Crippen LogP contribution in [0.5, 0.6) is 11.5 Å². The Balaban J connectivity index is 1.60. The van der Waals surface area contributed by atoms with Crippen LogP contribution in [0.3, 0.4) is 0 Å². The second-order valence-electron chi connectivity index (χ2n) is 6.72. The highest BCUT2D eigenvalue weighted by molar-refractivity contribution is 6.04. The van der Waals surface area contributed by atoms with E-state index in [1.165, 1.54) is 16.3 Å². The molecule has 0 spiro atoms. The molecular weight excluding hydrogens is 358 g/mol. The molecule has 2 aromatic carbocycles. The molecule has 1 aliphatic rings. The van der Waals surface area contributed by atoms with Crippen molar-refractivity contribution in [2.75, 3.05) is 12.1 Å². The fraction of sp³-hybridized carbons (Fsp3) is 0.190. The first-order valence-corrected chi connectivity index (χ1v) is 8.92. The first-order valence-electron chi connectivity index (χ1n) is 8.92. The van der Waals surface area contributed by atoms with Gasteiger partial charge < -0.3 is 14.8 Å². The van der Waals surface area contributed by atoms with Crippen LogP contribution in [0.4, 0.5) is 5.82 Å². The standard InChI is InChI=1S/C21H19N3O4/c1-13(2)14-3-6-16(7-4-14)24-10-9-22-19(21(24)26)23-20(25)15-5-8-17-18(11-15)28-12-27-17/h3-11,13H,12H2,1-2H3,(H,22,23,25). The molecule has 1 amide bonds. The number of ether oxygens (including phenoxy) is 2. The third-order valence-electron chi connectivity index (χ3n) is 4.55. The first kappa shape index (κ1) is 17.8. The second-order valence-corrected chi connectivity index (χ2v) is 6.72. The molecule has 28 heavy (non-hydrogen) atoms. The highest BCUT2D eigenvalue weighted by Gasteiger charge is 2.17. The summed E-state index contributed by atoms with van der Waals surface area (Å²) in [5.41, 5.74) is 1.83. The summed E-state index contributed by atoms with van der Waals surface area (Å²) in [6.45, 7) is 4.34. The van der Waals surface area contributed by atoms with E-state index in [1.54, 1.807) is 24.4 Å². The Morgan fingerprint density at radius 2 is 1.86 bits per heavy atom. The number of carbonyl (C=O) groups is 1. The fourth-order valence-corrected chi connectivity index (χ4v) is 2.94. The van der Waals surface area contributed by atoms with Gasteiger partial charge in [0.1, 0.15) is 0 Å². The van der Waals surface area contributed by atoms with Gasteiger partial charge in [0, 0.05) is 23.6 Å². The molecule has 0 saturated carbocycles. The molecule has 0 aliphatic carbocycles. The Labute approximate surface area is 161 Å². The zero-order valence-electron chi connectivity index (χ0n) is 15.5. The molecular formula is C21H19N3O4. The largest absolute Gasteiger partial charge is 0.454 e. The van der Waals surface area contributed by atoms with Crippen molar-refractivity contribution in [3.8, 4) is 17.2 Å². The molecule has 3 aromatic rings. The van der Waals surface area contributed by atoms with E-state index in [1.807, 2.05) is 24.3 Å². The van der Waals surface area contributed by atoms with Crippen molar-refractivity contribution in [3.63, 3.8) is 0 Å². The van der Waals surface area contributed by atoms with E-state index in [9.17, 15) is 9.59 Å². The summed E-state index contributed by atoms with van der Waals surface area (Å²) in [6, 6.07) is 12.6. The average Bonchev–Trinajstić information content (AvgIpc) is 3.17. The number of amides is 1. The van der Waals surface area contributed by atoms with Crippen LogP contribution >= 0.6 is 0 Å². The number of aromatic nitrogens is 2. The van der Waals surface area contributed by atoms with Crippen LogP contribution in [-0.2, 0) is 0 Å². The lowest BCUT2D eigenvalue weighted by Crippen LogP contribution is -2.26. The highest BCUT2D eigenvalue weighted by Crippen LogP contribution is 2.32. The molecule has 0 fully saturated rings. The Morgan fingerprint density at radius 1 is 1.11 bits per heavy atom. The van der Waals surface area contributed by atoms with E-state index in [2.05, 4.69) is 24.1 Å². The third kappa shape index (κ3) is 3.34. The molecule has 1 aliphatic heterocycles. The van der Waals surface area contributed by atoms with E-state index in [0.29, 0.717) is 28.7 Å². The Kier molecular flexibility index (Phi) is 4.57. The van der Waals surface area contributed by atoms with Gasteiger partial charge in [0.15, 0.2) is 17.3 Å². The summed E-state index contributed by atoms with van der Waals surface area (Å²) in [5, 5.41) is 2.58. The molecule has 7 heteroatoms. The lowest BCUT2D eigenvalue weighted by molar-refractivity contribution is 0.102. The van der Waals surface area contributed by atoms with Gasteiger partial charge in [-0.2, -0.15) is 0 Å². The Bertz CT molecular complexity index is 1090. The molecule has 0 radical (unpaired) electrons. The lowest BCUT2D eigenvalue weighted by atomic mass is 10.0. The SMILES string of the molecule is CC(C)c1ccc(-n2ccnc(NC(=O)c3ccc4c(c3)OCO4)c2=O)cc1. The minimum Gasteiger partial charge on any atom is -0.454 e. The monoisotopic (exact) mass is 377 g/mol. The van der Waals surface area contributed by atoms with Crippen LogP contribution in [0.25, 0.3) is 5.69 Å². The van der Waals surface area contributed by atoms with Gasteiger partial charge in [0.05, 0.1) is 0 Å². The summed E-state index contributed by atoms with van der Waals surface area (Å²) in [7, 11) is 0. The zero-order chi connectivity index (χ0) is 19.7. The number of hydrogen-bond acceptors (Lipinski definition) is 5. The molecule has 0 unspecified atom stereocenters. The summed E-state index contributed by atoms with van der Waals surface area (Å²) >= 11 is 0. The summed E-state index contributed by atoms with van der Waals surface area (Å²) in [4.78, 5) is 29.3. The van der Waals surface area contributed by atoms with Gasteiger partial charge in [-0.1, -0.05) is 26.0 Å². The maximum absolute atomic E-state index is 12.8. The predicted octanol–water partition coefficient (Wildman–Crippen LogP) is 3.34. The number of carbonyl (C=O) groups excluding carboxylic acids is 1. The Morgan fingerprint density at radius 3 is 2.61 bits per heavy atom. The number of nitrogens with zero attached hydrogens (tertiary/aromatic N) is 2. The molecule has 0 atom stereocenters.